The van der Waals surface area contributed by atoms with Crippen LogP contribution in [0.15, 0.2) is 36.4 Å². The highest BCUT2D eigenvalue weighted by Gasteiger charge is 2.18. The molecule has 2 aromatic rings. The van der Waals surface area contributed by atoms with E-state index in [4.69, 9.17) is 0 Å². The van der Waals surface area contributed by atoms with Crippen LogP contribution in [0.3, 0.4) is 0 Å². The average Bonchev–Trinajstić information content (AvgIpc) is 2.68. The molecule has 0 radical (unpaired) electrons. The van der Waals surface area contributed by atoms with Crippen LogP contribution >= 0.6 is 0 Å². The number of rotatable bonds is 11. The van der Waals surface area contributed by atoms with Crippen LogP contribution in [0.2, 0.25) is 0 Å². The van der Waals surface area contributed by atoms with Gasteiger partial charge in [0.2, 0.25) is 0 Å². The Morgan fingerprint density at radius 2 is 1.48 bits per heavy atom. The highest BCUT2D eigenvalue weighted by atomic mass is 16.3. The highest BCUT2D eigenvalue weighted by molar-refractivity contribution is 5.77. The van der Waals surface area contributed by atoms with Crippen molar-refractivity contribution < 1.29 is 5.11 Å². The fraction of sp³-hybridized carbons (Fsp3) is 0.538. The maximum Gasteiger partial charge on any atom is 0.123 e. The van der Waals surface area contributed by atoms with E-state index in [1.165, 1.54) is 60.8 Å². The summed E-state index contributed by atoms with van der Waals surface area (Å²) < 4.78 is 0. The minimum atomic E-state index is 0.426. The van der Waals surface area contributed by atoms with Crippen LogP contribution in [0, 0.1) is 0 Å². The second-order valence-electron chi connectivity index (χ2n) is 7.91. The molecule has 1 nitrogen and oxygen atoms in total. The number of benzene rings is 2. The number of phenols is 1. The Kier molecular flexibility index (Phi) is 8.91. The molecule has 0 aromatic heterocycles. The summed E-state index contributed by atoms with van der Waals surface area (Å²) in [5.74, 6) is 0.870. The van der Waals surface area contributed by atoms with Crippen molar-refractivity contribution in [2.45, 2.75) is 91.4 Å². The third-order valence-corrected chi connectivity index (χ3v) is 5.84. The Labute approximate surface area is 166 Å². The molecule has 0 aliphatic rings. The normalized spacial score (nSPS) is 12.3. The molecule has 0 amide bonds. The van der Waals surface area contributed by atoms with E-state index in [1.54, 1.807) is 0 Å². The number of unbranched alkanes of at least 4 members (excludes halogenated alkanes) is 4. The minimum absolute atomic E-state index is 0.426. The topological polar surface area (TPSA) is 20.2 Å². The van der Waals surface area contributed by atoms with Gasteiger partial charge in [0.15, 0.2) is 0 Å². The van der Waals surface area contributed by atoms with Crippen molar-refractivity contribution in [1.82, 2.24) is 0 Å². The molecule has 2 rings (SSSR count). The van der Waals surface area contributed by atoms with Crippen molar-refractivity contribution in [3.05, 3.63) is 53.1 Å². The fourth-order valence-electron chi connectivity index (χ4n) is 4.00. The van der Waals surface area contributed by atoms with Gasteiger partial charge in [0.25, 0.3) is 0 Å². The monoisotopic (exact) mass is 366 g/mol. The van der Waals surface area contributed by atoms with Crippen LogP contribution in [-0.4, -0.2) is 5.11 Å². The highest BCUT2D eigenvalue weighted by Crippen LogP contribution is 2.40. The maximum atomic E-state index is 10.8. The summed E-state index contributed by atoms with van der Waals surface area (Å²) in [5, 5.41) is 10.8. The zero-order valence-electron chi connectivity index (χ0n) is 17.9. The smallest absolute Gasteiger partial charge is 0.123 e. The molecule has 0 saturated carbocycles. The summed E-state index contributed by atoms with van der Waals surface area (Å²) >= 11 is 0. The summed E-state index contributed by atoms with van der Waals surface area (Å²) in [7, 11) is 0. The van der Waals surface area contributed by atoms with E-state index in [9.17, 15) is 5.11 Å². The lowest BCUT2D eigenvalue weighted by Gasteiger charge is -2.21. The van der Waals surface area contributed by atoms with Gasteiger partial charge in [-0.2, -0.15) is 0 Å². The number of aryl methyl sites for hydroxylation is 1. The van der Waals surface area contributed by atoms with Gasteiger partial charge in [-0.25, -0.2) is 0 Å². The third kappa shape index (κ3) is 5.61. The molecule has 1 heteroatoms. The SMILES string of the molecule is CCCCCc1cccc(-c2c(O)cccc2C(C)CC)c1CCCCC. The van der Waals surface area contributed by atoms with Crippen molar-refractivity contribution in [3.8, 4) is 16.9 Å². The predicted molar refractivity (Wildman–Crippen MR) is 119 cm³/mol. The first kappa shape index (κ1) is 21.5. The van der Waals surface area contributed by atoms with E-state index >= 15 is 0 Å². The molecule has 27 heavy (non-hydrogen) atoms. The molecular formula is C26H38O. The zero-order chi connectivity index (χ0) is 19.6. The van der Waals surface area contributed by atoms with Crippen molar-refractivity contribution in [2.24, 2.45) is 0 Å². The molecule has 0 bridgehead atoms. The lowest BCUT2D eigenvalue weighted by Crippen LogP contribution is -2.02. The van der Waals surface area contributed by atoms with E-state index < -0.39 is 0 Å². The Hall–Kier alpha value is -1.76. The molecule has 0 aliphatic heterocycles. The van der Waals surface area contributed by atoms with E-state index in [-0.39, 0.29) is 0 Å². The van der Waals surface area contributed by atoms with E-state index in [0.29, 0.717) is 11.7 Å². The first-order valence-corrected chi connectivity index (χ1v) is 11.1. The molecule has 148 valence electrons. The summed E-state index contributed by atoms with van der Waals surface area (Å²) in [6.07, 6.45) is 10.9. The van der Waals surface area contributed by atoms with Crippen LogP contribution in [0.5, 0.6) is 5.75 Å². The van der Waals surface area contributed by atoms with Crippen LogP contribution in [0.4, 0.5) is 0 Å². The zero-order valence-corrected chi connectivity index (χ0v) is 17.9. The lowest BCUT2D eigenvalue weighted by atomic mass is 9.84. The van der Waals surface area contributed by atoms with Crippen molar-refractivity contribution in [3.63, 3.8) is 0 Å². The first-order chi connectivity index (χ1) is 13.1. The first-order valence-electron chi connectivity index (χ1n) is 11.1. The predicted octanol–water partition coefficient (Wildman–Crippen LogP) is 8.04. The van der Waals surface area contributed by atoms with E-state index in [1.807, 2.05) is 12.1 Å². The molecule has 0 spiro atoms. The summed E-state index contributed by atoms with van der Waals surface area (Å²) in [6, 6.07) is 12.8. The molecule has 1 N–H and O–H groups in total. The summed E-state index contributed by atoms with van der Waals surface area (Å²) in [4.78, 5) is 0. The van der Waals surface area contributed by atoms with Gasteiger partial charge in [-0.3, -0.25) is 0 Å². The van der Waals surface area contributed by atoms with Gasteiger partial charge in [-0.15, -0.1) is 0 Å². The maximum absolute atomic E-state index is 10.8. The van der Waals surface area contributed by atoms with Gasteiger partial charge in [0.1, 0.15) is 5.75 Å². The Balaban J connectivity index is 2.53. The second-order valence-corrected chi connectivity index (χ2v) is 7.91. The Bertz CT molecular complexity index is 701. The Morgan fingerprint density at radius 1 is 0.815 bits per heavy atom. The van der Waals surface area contributed by atoms with Gasteiger partial charge in [-0.1, -0.05) is 83.7 Å². The van der Waals surface area contributed by atoms with Gasteiger partial charge in [0.05, 0.1) is 0 Å². The third-order valence-electron chi connectivity index (χ3n) is 5.84. The van der Waals surface area contributed by atoms with Crippen molar-refractivity contribution in [1.29, 1.82) is 0 Å². The van der Waals surface area contributed by atoms with Gasteiger partial charge < -0.3 is 5.11 Å². The standard InChI is InChI=1S/C26H38O/c1-5-8-10-14-21-15-12-18-24(23(21)16-11-9-6-2)26-22(20(4)7-3)17-13-19-25(26)27/h12-13,15,17-20,27H,5-11,14,16H2,1-4H3. The van der Waals surface area contributed by atoms with Crippen molar-refractivity contribution >= 4 is 0 Å². The molecule has 2 aromatic carbocycles. The van der Waals surface area contributed by atoms with Gasteiger partial charge >= 0.3 is 0 Å². The molecule has 0 heterocycles. The molecule has 1 atom stereocenters. The summed E-state index contributed by atoms with van der Waals surface area (Å²) in [5.41, 5.74) is 6.55. The summed E-state index contributed by atoms with van der Waals surface area (Å²) in [6.45, 7) is 9.01. The average molecular weight is 367 g/mol. The fourth-order valence-corrected chi connectivity index (χ4v) is 4.00. The van der Waals surface area contributed by atoms with Crippen LogP contribution in [-0.2, 0) is 12.8 Å². The molecule has 1 unspecified atom stereocenters. The quantitative estimate of drug-likeness (QED) is 0.399. The van der Waals surface area contributed by atoms with Crippen molar-refractivity contribution in [2.75, 3.05) is 0 Å². The Morgan fingerprint density at radius 3 is 2.15 bits per heavy atom. The second kappa shape index (κ2) is 11.2. The number of hydrogen-bond donors (Lipinski definition) is 1. The number of phenolic OH excluding ortho intramolecular Hbond substituents is 1. The minimum Gasteiger partial charge on any atom is -0.507 e. The molecular weight excluding hydrogens is 328 g/mol. The molecule has 0 aliphatic carbocycles. The lowest BCUT2D eigenvalue weighted by molar-refractivity contribution is 0.476. The van der Waals surface area contributed by atoms with E-state index in [2.05, 4.69) is 52.0 Å². The van der Waals surface area contributed by atoms with Crippen LogP contribution in [0.25, 0.3) is 11.1 Å². The molecule has 0 saturated heterocycles. The largest absolute Gasteiger partial charge is 0.507 e. The number of aromatic hydroxyl groups is 1. The van der Waals surface area contributed by atoms with Crippen LogP contribution in [0.1, 0.15) is 95.2 Å². The van der Waals surface area contributed by atoms with Gasteiger partial charge in [-0.05, 0) is 66.3 Å². The number of hydrogen-bond acceptors (Lipinski definition) is 1. The van der Waals surface area contributed by atoms with Crippen LogP contribution < -0.4 is 0 Å². The molecule has 0 fully saturated rings. The van der Waals surface area contributed by atoms with Gasteiger partial charge in [0, 0.05) is 5.56 Å². The van der Waals surface area contributed by atoms with E-state index in [0.717, 1.165) is 24.8 Å².